The van der Waals surface area contributed by atoms with Crippen LogP contribution >= 0.6 is 0 Å². The van der Waals surface area contributed by atoms with Gasteiger partial charge in [-0.25, -0.2) is 9.78 Å². The Labute approximate surface area is 227 Å². The van der Waals surface area contributed by atoms with Crippen LogP contribution in [0, 0.1) is 0 Å². The molecule has 1 saturated carbocycles. The number of amides is 2. The summed E-state index contributed by atoms with van der Waals surface area (Å²) in [5.41, 5.74) is -0.406. The number of pyridine rings is 1. The lowest BCUT2D eigenvalue weighted by molar-refractivity contribution is -0.00642. The van der Waals surface area contributed by atoms with Gasteiger partial charge in [-0.1, -0.05) is 6.08 Å². The average Bonchev–Trinajstić information content (AvgIpc) is 3.61. The van der Waals surface area contributed by atoms with Gasteiger partial charge in [0.2, 0.25) is 5.76 Å². The molecule has 0 bridgehead atoms. The summed E-state index contributed by atoms with van der Waals surface area (Å²) in [5, 5.41) is 2.59. The van der Waals surface area contributed by atoms with Crippen molar-refractivity contribution in [3.8, 4) is 0 Å². The van der Waals surface area contributed by atoms with Crippen LogP contribution in [0.3, 0.4) is 0 Å². The van der Waals surface area contributed by atoms with E-state index in [4.69, 9.17) is 9.15 Å². The number of allylic oxidation sites excluding steroid dienone is 1. The van der Waals surface area contributed by atoms with Crippen LogP contribution in [0.2, 0.25) is 0 Å². The van der Waals surface area contributed by atoms with Gasteiger partial charge in [-0.3, -0.25) is 4.79 Å². The molecule has 2 aromatic rings. The first-order chi connectivity index (χ1) is 18.7. The van der Waals surface area contributed by atoms with Gasteiger partial charge in [0.05, 0.1) is 11.9 Å². The van der Waals surface area contributed by atoms with E-state index >= 15 is 0 Å². The maximum Gasteiger partial charge on any atom is 0.410 e. The molecule has 10 nitrogen and oxygen atoms in total. The molecule has 1 aliphatic carbocycles. The second-order valence-electron chi connectivity index (χ2n) is 9.67. The molecule has 12 heteroatoms. The van der Waals surface area contributed by atoms with Crippen LogP contribution in [-0.2, 0) is 10.7 Å². The Morgan fingerprint density at radius 1 is 1.21 bits per heavy atom. The quantitative estimate of drug-likeness (QED) is 0.414. The van der Waals surface area contributed by atoms with Gasteiger partial charge in [0, 0.05) is 45.7 Å². The highest BCUT2D eigenvalue weighted by Crippen LogP contribution is 2.36. The van der Waals surface area contributed by atoms with Gasteiger partial charge in [0.25, 0.3) is 17.8 Å². The van der Waals surface area contributed by atoms with E-state index in [9.17, 15) is 18.4 Å². The highest BCUT2D eigenvalue weighted by atomic mass is 19.3. The number of piperazine rings is 1. The lowest BCUT2D eigenvalue weighted by Gasteiger charge is -2.35. The molecule has 1 aliphatic heterocycles. The van der Waals surface area contributed by atoms with Crippen molar-refractivity contribution in [3.63, 3.8) is 0 Å². The second-order valence-corrected chi connectivity index (χ2v) is 9.67. The van der Waals surface area contributed by atoms with Crippen molar-refractivity contribution in [1.29, 1.82) is 0 Å². The number of nitrogens with zero attached hydrogens (tertiary/aromatic N) is 5. The molecule has 0 radical (unpaired) electrons. The minimum atomic E-state index is -3.42. The first kappa shape index (κ1) is 28.3. The van der Waals surface area contributed by atoms with E-state index in [2.05, 4.69) is 21.9 Å². The summed E-state index contributed by atoms with van der Waals surface area (Å²) in [5.74, 6) is -4.13. The molecule has 2 amide bonds. The highest BCUT2D eigenvalue weighted by molar-refractivity contribution is 6.03. The van der Waals surface area contributed by atoms with Crippen molar-refractivity contribution in [2.45, 2.75) is 58.0 Å². The summed E-state index contributed by atoms with van der Waals surface area (Å²) in [4.78, 5) is 39.2. The Morgan fingerprint density at radius 2 is 1.90 bits per heavy atom. The number of carbonyl (C=O) groups is 2. The minimum Gasteiger partial charge on any atom is -0.446 e. The molecule has 2 aliphatic rings. The van der Waals surface area contributed by atoms with Crippen LogP contribution in [0.5, 0.6) is 0 Å². The molecule has 2 aromatic heterocycles. The molecule has 0 aromatic carbocycles. The minimum absolute atomic E-state index is 0.0324. The number of aromatic nitrogens is 2. The summed E-state index contributed by atoms with van der Waals surface area (Å²) in [6, 6.07) is 3.34. The maximum atomic E-state index is 14.8. The second kappa shape index (κ2) is 12.4. The van der Waals surface area contributed by atoms with Crippen LogP contribution in [0.15, 0.2) is 35.4 Å². The van der Waals surface area contributed by atoms with Gasteiger partial charge < -0.3 is 29.2 Å². The summed E-state index contributed by atoms with van der Waals surface area (Å²) >= 11 is 0. The molecular weight excluding hydrogens is 510 g/mol. The Hall–Kier alpha value is -3.70. The SMILES string of the molecule is C=CCC(F)(F)c1nc(N(CC)CC)oc1C(=O)Nc1ccc(N2CCN(C(=O)OC3CCCC3)CC2)nc1. The molecule has 1 saturated heterocycles. The fourth-order valence-electron chi connectivity index (χ4n) is 4.79. The Bertz CT molecular complexity index is 1140. The Balaban J connectivity index is 1.39. The topological polar surface area (TPSA) is 104 Å². The van der Waals surface area contributed by atoms with Crippen molar-refractivity contribution < 1.29 is 27.5 Å². The largest absolute Gasteiger partial charge is 0.446 e. The first-order valence-electron chi connectivity index (χ1n) is 13.5. The van der Waals surface area contributed by atoms with E-state index in [-0.39, 0.29) is 18.2 Å². The number of halogens is 2. The zero-order chi connectivity index (χ0) is 28.0. The number of hydrogen-bond donors (Lipinski definition) is 1. The van der Waals surface area contributed by atoms with E-state index < -0.39 is 29.7 Å². The predicted molar refractivity (Wildman–Crippen MR) is 143 cm³/mol. The fourth-order valence-corrected chi connectivity index (χ4v) is 4.79. The third-order valence-corrected chi connectivity index (χ3v) is 7.04. The van der Waals surface area contributed by atoms with E-state index in [1.807, 2.05) is 18.7 Å². The molecule has 0 spiro atoms. The highest BCUT2D eigenvalue weighted by Gasteiger charge is 2.40. The third kappa shape index (κ3) is 6.66. The molecule has 212 valence electrons. The van der Waals surface area contributed by atoms with Crippen LogP contribution in [0.4, 0.5) is 31.1 Å². The van der Waals surface area contributed by atoms with Crippen molar-refractivity contribution in [1.82, 2.24) is 14.9 Å². The van der Waals surface area contributed by atoms with Crippen molar-refractivity contribution >= 4 is 29.5 Å². The van der Waals surface area contributed by atoms with Crippen LogP contribution in [-0.4, -0.2) is 72.2 Å². The first-order valence-corrected chi connectivity index (χ1v) is 13.5. The van der Waals surface area contributed by atoms with Crippen LogP contribution in [0.1, 0.15) is 62.2 Å². The molecule has 39 heavy (non-hydrogen) atoms. The summed E-state index contributed by atoms with van der Waals surface area (Å²) in [7, 11) is 0. The van der Waals surface area contributed by atoms with E-state index in [0.29, 0.717) is 50.8 Å². The number of hydrogen-bond acceptors (Lipinski definition) is 8. The fraction of sp³-hybridized carbons (Fsp3) is 0.556. The van der Waals surface area contributed by atoms with Crippen LogP contribution in [0.25, 0.3) is 0 Å². The molecular formula is C27H36F2N6O4. The molecule has 4 rings (SSSR count). The Morgan fingerprint density at radius 3 is 2.49 bits per heavy atom. The normalized spacial score (nSPS) is 16.3. The third-order valence-electron chi connectivity index (χ3n) is 7.04. The summed E-state index contributed by atoms with van der Waals surface area (Å²) in [6.07, 6.45) is 5.70. The Kier molecular flexibility index (Phi) is 9.03. The lowest BCUT2D eigenvalue weighted by Crippen LogP contribution is -2.49. The molecule has 1 N–H and O–H groups in total. The van der Waals surface area contributed by atoms with Crippen LogP contribution < -0.4 is 15.1 Å². The number of anilines is 3. The average molecular weight is 547 g/mol. The van der Waals surface area contributed by atoms with Crippen molar-refractivity contribution in [2.75, 3.05) is 54.4 Å². The van der Waals surface area contributed by atoms with E-state index in [0.717, 1.165) is 31.8 Å². The van der Waals surface area contributed by atoms with Crippen molar-refractivity contribution in [2.24, 2.45) is 0 Å². The molecule has 3 heterocycles. The smallest absolute Gasteiger partial charge is 0.410 e. The van der Waals surface area contributed by atoms with Crippen molar-refractivity contribution in [3.05, 3.63) is 42.4 Å². The lowest BCUT2D eigenvalue weighted by atomic mass is 10.1. The van der Waals surface area contributed by atoms with Gasteiger partial charge in [-0.2, -0.15) is 13.8 Å². The number of alkyl halides is 2. The summed E-state index contributed by atoms with van der Waals surface area (Å²) in [6.45, 7) is 10.2. The van der Waals surface area contributed by atoms with Gasteiger partial charge >= 0.3 is 6.09 Å². The number of oxazole rings is 1. The number of carbonyl (C=O) groups excluding carboxylic acids is 2. The number of nitrogens with one attached hydrogen (secondary N) is 1. The molecule has 0 atom stereocenters. The zero-order valence-electron chi connectivity index (χ0n) is 22.5. The van der Waals surface area contributed by atoms with E-state index in [1.54, 1.807) is 21.9 Å². The van der Waals surface area contributed by atoms with Gasteiger partial charge in [-0.05, 0) is 51.7 Å². The van der Waals surface area contributed by atoms with E-state index in [1.165, 1.54) is 6.20 Å². The van der Waals surface area contributed by atoms with Gasteiger partial charge in [0.15, 0.2) is 5.69 Å². The molecule has 2 fully saturated rings. The molecule has 0 unspecified atom stereocenters. The summed E-state index contributed by atoms with van der Waals surface area (Å²) < 4.78 is 40.7. The number of rotatable bonds is 10. The van der Waals surface area contributed by atoms with Gasteiger partial charge in [0.1, 0.15) is 11.9 Å². The monoisotopic (exact) mass is 546 g/mol. The van der Waals surface area contributed by atoms with Gasteiger partial charge in [-0.15, -0.1) is 6.58 Å². The maximum absolute atomic E-state index is 14.8. The standard InChI is InChI=1S/C27H36F2N6O4/c1-4-13-27(28,29)23-22(39-25(32-23)33(5-2)6-3)24(36)31-19-11-12-21(30-18-19)34-14-16-35(17-15-34)26(37)38-20-9-7-8-10-20/h4,11-12,18,20H,1,5-10,13-17H2,2-3H3,(H,31,36). The number of ether oxygens (including phenoxy) is 1. The predicted octanol–water partition coefficient (Wildman–Crippen LogP) is 5.04. The zero-order valence-corrected chi connectivity index (χ0v) is 22.5.